The summed E-state index contributed by atoms with van der Waals surface area (Å²) in [6.07, 6.45) is 0. The van der Waals surface area contributed by atoms with Crippen LogP contribution in [0.1, 0.15) is 61.8 Å². The quantitative estimate of drug-likeness (QED) is 0.133. The van der Waals surface area contributed by atoms with Crippen LogP contribution in [0.15, 0.2) is 84.9 Å². The molecule has 0 unspecified atom stereocenters. The summed E-state index contributed by atoms with van der Waals surface area (Å²) in [7, 11) is 10.7. The van der Waals surface area contributed by atoms with Gasteiger partial charge in [0.25, 0.3) is 0 Å². The minimum absolute atomic E-state index is 0.549. The molecule has 1 aliphatic rings. The van der Waals surface area contributed by atoms with Crippen molar-refractivity contribution < 1.29 is 20.8 Å². The van der Waals surface area contributed by atoms with Crippen LogP contribution in [0.2, 0.25) is 0 Å². The summed E-state index contributed by atoms with van der Waals surface area (Å²) < 4.78 is 0. The van der Waals surface area contributed by atoms with Crippen LogP contribution in [-0.4, -0.2) is 9.52 Å². The second kappa shape index (κ2) is 13.7. The minimum Gasteiger partial charge on any atom is -0.184 e. The molecule has 0 aromatic heterocycles. The number of aryl methyl sites for hydroxylation is 2. The fourth-order valence-corrected chi connectivity index (χ4v) is 6.45. The van der Waals surface area contributed by atoms with E-state index in [2.05, 4.69) is 126 Å². The summed E-state index contributed by atoms with van der Waals surface area (Å²) in [5.41, 5.74) is 11.1. The van der Waals surface area contributed by atoms with Crippen molar-refractivity contribution in [2.75, 3.05) is 0 Å². The van der Waals surface area contributed by atoms with E-state index >= 15 is 0 Å². The molecule has 0 N–H and O–H groups in total. The number of hydrogen-bond acceptors (Lipinski definition) is 0. The van der Waals surface area contributed by atoms with E-state index in [9.17, 15) is 0 Å². The fraction of sp³-hybridized carbons (Fsp3) is 0.229. The standard InChI is InChI=1S/C23H27.C12H7Si.2ClH.Zr/c1-14(2)19-11-20(15(3)4)13-21(12-19)23-17(6)7-8-18-9-16(5)10-22(18)23;1-3-7-11-9(5-1)10-6-2-4-8-12(10)13-11;;;/h7-15H,1-6H3;1-7H;2*1H;/q2*-1;;;+4/p-2. The zero-order valence-corrected chi connectivity index (χ0v) is 28.5. The molecule has 4 heteroatoms. The topological polar surface area (TPSA) is 0 Å². The SMILES string of the molecule is Cc1cc2c(-c3cc(C(C)C)cc(C(C)C)c3)c(C)ccc2[cH-]1.[Cl][Zr+2][Cl].[c-]1cccc2c1[Si]c1ccccc1-2. The van der Waals surface area contributed by atoms with Gasteiger partial charge in [-0.1, -0.05) is 99.0 Å². The Morgan fingerprint density at radius 3 is 2.10 bits per heavy atom. The largest absolute Gasteiger partial charge is 0.184 e. The first kappa shape index (κ1) is 30.1. The van der Waals surface area contributed by atoms with Gasteiger partial charge in [-0.05, 0) is 35.4 Å². The Morgan fingerprint density at radius 2 is 1.44 bits per heavy atom. The third-order valence-electron chi connectivity index (χ3n) is 7.18. The Balaban J connectivity index is 0.000000184. The molecule has 5 aromatic carbocycles. The number of fused-ring (bicyclic) bond motifs is 4. The van der Waals surface area contributed by atoms with Crippen molar-refractivity contribution in [1.82, 2.24) is 0 Å². The van der Waals surface area contributed by atoms with Crippen molar-refractivity contribution in [1.29, 1.82) is 0 Å². The van der Waals surface area contributed by atoms with Crippen LogP contribution in [-0.2, 0) is 20.8 Å². The van der Waals surface area contributed by atoms with Gasteiger partial charge in [0.2, 0.25) is 0 Å². The smallest absolute Gasteiger partial charge is 0.0920 e. The molecular formula is C35H34Cl2SiZr. The van der Waals surface area contributed by atoms with Gasteiger partial charge in [-0.25, -0.2) is 0 Å². The number of halogens is 2. The molecule has 0 bridgehead atoms. The monoisotopic (exact) mass is 642 g/mol. The summed E-state index contributed by atoms with van der Waals surface area (Å²) in [4.78, 5) is 0. The Hall–Kier alpha value is -1.83. The van der Waals surface area contributed by atoms with E-state index in [1.165, 1.54) is 65.7 Å². The van der Waals surface area contributed by atoms with E-state index in [-0.39, 0.29) is 0 Å². The van der Waals surface area contributed by atoms with Crippen LogP contribution < -0.4 is 10.4 Å². The molecular weight excluding hydrogens is 611 g/mol. The maximum absolute atomic E-state index is 4.93. The molecule has 196 valence electrons. The van der Waals surface area contributed by atoms with Gasteiger partial charge in [0.05, 0.1) is 9.52 Å². The van der Waals surface area contributed by atoms with Crippen LogP contribution >= 0.6 is 17.0 Å². The van der Waals surface area contributed by atoms with Gasteiger partial charge < -0.3 is 0 Å². The maximum Gasteiger partial charge on any atom is 0.0920 e. The van der Waals surface area contributed by atoms with Crippen LogP contribution in [0, 0.1) is 19.9 Å². The minimum atomic E-state index is -0.826. The van der Waals surface area contributed by atoms with Crippen LogP contribution in [0.25, 0.3) is 33.0 Å². The molecule has 6 rings (SSSR count). The summed E-state index contributed by atoms with van der Waals surface area (Å²) in [5, 5.41) is 5.56. The first-order valence-electron chi connectivity index (χ1n) is 13.4. The molecule has 0 atom stereocenters. The Labute approximate surface area is 255 Å². The Bertz CT molecular complexity index is 1500. The molecule has 0 nitrogen and oxygen atoms in total. The summed E-state index contributed by atoms with van der Waals surface area (Å²) in [6.45, 7) is 13.5. The molecule has 1 heterocycles. The van der Waals surface area contributed by atoms with Crippen molar-refractivity contribution in [2.45, 2.75) is 53.4 Å². The van der Waals surface area contributed by atoms with Gasteiger partial charge >= 0.3 is 37.9 Å². The molecule has 5 aromatic rings. The number of rotatable bonds is 3. The summed E-state index contributed by atoms with van der Waals surface area (Å²) >= 11 is -0.826. The van der Waals surface area contributed by atoms with Crippen molar-refractivity contribution in [3.8, 4) is 22.3 Å². The van der Waals surface area contributed by atoms with Gasteiger partial charge in [0.15, 0.2) is 0 Å². The molecule has 0 amide bonds. The van der Waals surface area contributed by atoms with Crippen molar-refractivity contribution >= 4 is 47.7 Å². The van der Waals surface area contributed by atoms with Crippen LogP contribution in [0.5, 0.6) is 0 Å². The van der Waals surface area contributed by atoms with Gasteiger partial charge in [-0.15, -0.1) is 40.1 Å². The predicted octanol–water partition coefficient (Wildman–Crippen LogP) is 9.59. The third kappa shape index (κ3) is 7.09. The second-order valence-corrected chi connectivity index (χ2v) is 15.7. The summed E-state index contributed by atoms with van der Waals surface area (Å²) in [5.74, 6) is 1.10. The van der Waals surface area contributed by atoms with E-state index < -0.39 is 20.8 Å². The number of benzene rings is 4. The van der Waals surface area contributed by atoms with E-state index in [1.54, 1.807) is 0 Å². The van der Waals surface area contributed by atoms with E-state index in [0.29, 0.717) is 11.8 Å². The average Bonchev–Trinajstić information content (AvgIpc) is 3.48. The first-order chi connectivity index (χ1) is 18.7. The molecule has 0 saturated carbocycles. The predicted molar refractivity (Wildman–Crippen MR) is 170 cm³/mol. The van der Waals surface area contributed by atoms with Gasteiger partial charge in [0.1, 0.15) is 0 Å². The van der Waals surface area contributed by atoms with E-state index in [1.807, 2.05) is 6.07 Å². The maximum atomic E-state index is 4.93. The zero-order valence-electron chi connectivity index (χ0n) is 23.5. The second-order valence-electron chi connectivity index (χ2n) is 10.7. The molecule has 0 saturated heterocycles. The average molecular weight is 645 g/mol. The normalized spacial score (nSPS) is 11.3. The van der Waals surface area contributed by atoms with Crippen molar-refractivity contribution in [2.24, 2.45) is 0 Å². The molecule has 0 fully saturated rings. The molecule has 39 heavy (non-hydrogen) atoms. The Kier molecular flexibility index (Phi) is 10.6. The molecule has 0 spiro atoms. The van der Waals surface area contributed by atoms with E-state index in [0.717, 1.165) is 9.52 Å². The zero-order chi connectivity index (χ0) is 28.1. The number of hydrogen-bond donors (Lipinski definition) is 0. The van der Waals surface area contributed by atoms with Crippen molar-refractivity contribution in [3.63, 3.8) is 0 Å². The summed E-state index contributed by atoms with van der Waals surface area (Å²) in [6, 6.07) is 34.4. The van der Waals surface area contributed by atoms with Gasteiger partial charge in [-0.3, -0.25) is 0 Å². The fourth-order valence-electron chi connectivity index (χ4n) is 5.14. The first-order valence-corrected chi connectivity index (χ1v) is 20.7. The third-order valence-corrected chi connectivity index (χ3v) is 8.54. The van der Waals surface area contributed by atoms with E-state index in [4.69, 9.17) is 17.0 Å². The molecule has 0 aliphatic carbocycles. The Morgan fingerprint density at radius 1 is 0.795 bits per heavy atom. The van der Waals surface area contributed by atoms with Crippen LogP contribution in [0.4, 0.5) is 0 Å². The van der Waals surface area contributed by atoms with Crippen LogP contribution in [0.3, 0.4) is 0 Å². The van der Waals surface area contributed by atoms with Gasteiger partial charge in [-0.2, -0.15) is 35.5 Å². The molecule has 1 aliphatic heterocycles. The van der Waals surface area contributed by atoms with Crippen molar-refractivity contribution in [3.05, 3.63) is 113 Å². The van der Waals surface area contributed by atoms with Gasteiger partial charge in [0, 0.05) is 0 Å². The molecule has 2 radical (unpaired) electrons.